The molecule has 0 spiro atoms. The SMILES string of the molecule is Nc1nccnc1C(=O)Nc1nc(-c2cc3ccccc3o2)cs1. The second kappa shape index (κ2) is 5.74. The molecule has 0 saturated heterocycles. The van der Waals surface area contributed by atoms with Gasteiger partial charge >= 0.3 is 0 Å². The molecule has 1 aromatic carbocycles. The van der Waals surface area contributed by atoms with Crippen molar-refractivity contribution in [3.8, 4) is 11.5 Å². The number of nitrogen functional groups attached to an aromatic ring is 1. The van der Waals surface area contributed by atoms with Gasteiger partial charge in [0.1, 0.15) is 11.3 Å². The number of aromatic nitrogens is 3. The number of benzene rings is 1. The van der Waals surface area contributed by atoms with Gasteiger partial charge in [-0.2, -0.15) is 0 Å². The molecule has 0 aliphatic heterocycles. The number of furan rings is 1. The molecule has 0 radical (unpaired) electrons. The maximum Gasteiger partial charge on any atom is 0.279 e. The van der Waals surface area contributed by atoms with Gasteiger partial charge in [0.15, 0.2) is 22.4 Å². The van der Waals surface area contributed by atoms with E-state index in [1.165, 1.54) is 23.7 Å². The molecule has 0 fully saturated rings. The number of nitrogens with zero attached hydrogens (tertiary/aromatic N) is 3. The number of fused-ring (bicyclic) bond motifs is 1. The summed E-state index contributed by atoms with van der Waals surface area (Å²) in [5, 5.41) is 5.91. The normalized spacial score (nSPS) is 10.8. The van der Waals surface area contributed by atoms with Gasteiger partial charge in [0, 0.05) is 23.2 Å². The molecule has 7 nitrogen and oxygen atoms in total. The largest absolute Gasteiger partial charge is 0.454 e. The van der Waals surface area contributed by atoms with Gasteiger partial charge in [-0.25, -0.2) is 15.0 Å². The highest BCUT2D eigenvalue weighted by Gasteiger charge is 2.15. The fourth-order valence-electron chi connectivity index (χ4n) is 2.23. The molecule has 4 aromatic rings. The number of rotatable bonds is 3. The van der Waals surface area contributed by atoms with E-state index in [0.717, 1.165) is 11.0 Å². The van der Waals surface area contributed by atoms with Crippen molar-refractivity contribution in [1.29, 1.82) is 0 Å². The molecule has 1 amide bonds. The Hall–Kier alpha value is -3.26. The van der Waals surface area contributed by atoms with Crippen LogP contribution in [0.15, 0.2) is 52.5 Å². The van der Waals surface area contributed by atoms with E-state index in [2.05, 4.69) is 20.3 Å². The minimum Gasteiger partial charge on any atom is -0.454 e. The maximum absolute atomic E-state index is 12.2. The van der Waals surface area contributed by atoms with Crippen LogP contribution in [0, 0.1) is 0 Å². The average Bonchev–Trinajstić information content (AvgIpc) is 3.21. The first kappa shape index (κ1) is 14.3. The van der Waals surface area contributed by atoms with Crippen molar-refractivity contribution in [2.45, 2.75) is 0 Å². The molecule has 0 atom stereocenters. The van der Waals surface area contributed by atoms with Crippen molar-refractivity contribution in [2.75, 3.05) is 11.1 Å². The molecular weight excluding hydrogens is 326 g/mol. The number of hydrogen-bond acceptors (Lipinski definition) is 7. The molecule has 3 aromatic heterocycles. The summed E-state index contributed by atoms with van der Waals surface area (Å²) in [6.07, 6.45) is 2.84. The third-order valence-corrected chi connectivity index (χ3v) is 4.10. The minimum absolute atomic E-state index is 0.0676. The topological polar surface area (TPSA) is 107 Å². The monoisotopic (exact) mass is 337 g/mol. The number of carbonyl (C=O) groups excluding carboxylic acids is 1. The molecule has 118 valence electrons. The number of nitrogens with two attached hydrogens (primary N) is 1. The first-order valence-corrected chi connectivity index (χ1v) is 7.91. The zero-order chi connectivity index (χ0) is 16.5. The van der Waals surface area contributed by atoms with Crippen LogP contribution < -0.4 is 11.1 Å². The Morgan fingerprint density at radius 2 is 2.04 bits per heavy atom. The van der Waals surface area contributed by atoms with Gasteiger partial charge in [-0.3, -0.25) is 10.1 Å². The molecule has 8 heteroatoms. The molecule has 24 heavy (non-hydrogen) atoms. The van der Waals surface area contributed by atoms with Gasteiger partial charge in [-0.1, -0.05) is 18.2 Å². The van der Waals surface area contributed by atoms with Gasteiger partial charge in [0.05, 0.1) is 0 Å². The Morgan fingerprint density at radius 1 is 1.21 bits per heavy atom. The number of para-hydroxylation sites is 1. The average molecular weight is 337 g/mol. The minimum atomic E-state index is -0.453. The molecule has 3 N–H and O–H groups in total. The highest BCUT2D eigenvalue weighted by molar-refractivity contribution is 7.14. The van der Waals surface area contributed by atoms with Gasteiger partial charge in [-0.05, 0) is 12.1 Å². The molecule has 0 aliphatic rings. The van der Waals surface area contributed by atoms with Crippen LogP contribution >= 0.6 is 11.3 Å². The van der Waals surface area contributed by atoms with Gasteiger partial charge in [0.2, 0.25) is 0 Å². The summed E-state index contributed by atoms with van der Waals surface area (Å²) in [5.41, 5.74) is 7.16. The highest BCUT2D eigenvalue weighted by Crippen LogP contribution is 2.30. The van der Waals surface area contributed by atoms with Crippen LogP contribution in [0.25, 0.3) is 22.4 Å². The smallest absolute Gasteiger partial charge is 0.279 e. The second-order valence-electron chi connectivity index (χ2n) is 4.93. The van der Waals surface area contributed by atoms with Crippen molar-refractivity contribution >= 4 is 39.2 Å². The fourth-order valence-corrected chi connectivity index (χ4v) is 2.93. The first-order valence-electron chi connectivity index (χ1n) is 7.03. The molecule has 0 unspecified atom stereocenters. The van der Waals surface area contributed by atoms with Crippen LogP contribution in [-0.2, 0) is 0 Å². The van der Waals surface area contributed by atoms with Crippen LogP contribution in [0.1, 0.15) is 10.5 Å². The Balaban J connectivity index is 1.58. The first-order chi connectivity index (χ1) is 11.7. The Kier molecular flexibility index (Phi) is 3.43. The number of nitrogens with one attached hydrogen (secondary N) is 1. The summed E-state index contributed by atoms with van der Waals surface area (Å²) in [6, 6.07) is 9.63. The number of hydrogen-bond donors (Lipinski definition) is 2. The molecular formula is C16H11N5O2S. The van der Waals surface area contributed by atoms with Crippen LogP contribution in [0.4, 0.5) is 10.9 Å². The van der Waals surface area contributed by atoms with E-state index in [4.69, 9.17) is 10.2 Å². The van der Waals surface area contributed by atoms with Crippen LogP contribution in [0.5, 0.6) is 0 Å². The maximum atomic E-state index is 12.2. The second-order valence-corrected chi connectivity index (χ2v) is 5.79. The summed E-state index contributed by atoms with van der Waals surface area (Å²) in [7, 11) is 0. The lowest BCUT2D eigenvalue weighted by atomic mass is 10.2. The van der Waals surface area contributed by atoms with Crippen molar-refractivity contribution < 1.29 is 9.21 Å². The summed E-state index contributed by atoms with van der Waals surface area (Å²) in [5.74, 6) is 0.266. The van der Waals surface area contributed by atoms with E-state index in [9.17, 15) is 4.79 Å². The van der Waals surface area contributed by atoms with Crippen LogP contribution in [0.2, 0.25) is 0 Å². The van der Waals surface area contributed by atoms with Crippen LogP contribution in [-0.4, -0.2) is 20.9 Å². The summed E-state index contributed by atoms with van der Waals surface area (Å²) < 4.78 is 5.77. The molecule has 0 bridgehead atoms. The molecule has 0 saturated carbocycles. The zero-order valence-electron chi connectivity index (χ0n) is 12.3. The number of thiazole rings is 1. The Morgan fingerprint density at radius 3 is 2.88 bits per heavy atom. The lowest BCUT2D eigenvalue weighted by molar-refractivity contribution is 0.102. The zero-order valence-corrected chi connectivity index (χ0v) is 13.1. The van der Waals surface area contributed by atoms with Crippen molar-refractivity contribution in [2.24, 2.45) is 0 Å². The van der Waals surface area contributed by atoms with Gasteiger partial charge in [-0.15, -0.1) is 11.3 Å². The molecule has 3 heterocycles. The predicted molar refractivity (Wildman–Crippen MR) is 91.7 cm³/mol. The van der Waals surface area contributed by atoms with Gasteiger partial charge in [0.25, 0.3) is 5.91 Å². The van der Waals surface area contributed by atoms with Crippen LogP contribution in [0.3, 0.4) is 0 Å². The van der Waals surface area contributed by atoms with Gasteiger partial charge < -0.3 is 10.2 Å². The Bertz CT molecular complexity index is 1010. The Labute approximate surface area is 140 Å². The fraction of sp³-hybridized carbons (Fsp3) is 0. The number of amides is 1. The van der Waals surface area contributed by atoms with E-state index in [1.807, 2.05) is 35.7 Å². The number of anilines is 2. The van der Waals surface area contributed by atoms with E-state index in [0.29, 0.717) is 16.6 Å². The van der Waals surface area contributed by atoms with E-state index < -0.39 is 5.91 Å². The summed E-state index contributed by atoms with van der Waals surface area (Å²) in [6.45, 7) is 0. The number of carbonyl (C=O) groups is 1. The molecule has 0 aliphatic carbocycles. The van der Waals surface area contributed by atoms with E-state index in [1.54, 1.807) is 0 Å². The predicted octanol–water partition coefficient (Wildman–Crippen LogP) is 3.18. The van der Waals surface area contributed by atoms with Crippen molar-refractivity contribution in [3.05, 3.63) is 53.8 Å². The summed E-state index contributed by atoms with van der Waals surface area (Å²) in [4.78, 5) is 24.3. The lowest BCUT2D eigenvalue weighted by Crippen LogP contribution is -2.16. The van der Waals surface area contributed by atoms with Crippen molar-refractivity contribution in [3.63, 3.8) is 0 Å². The lowest BCUT2D eigenvalue weighted by Gasteiger charge is -2.02. The molecule has 4 rings (SSSR count). The van der Waals surface area contributed by atoms with Crippen molar-refractivity contribution in [1.82, 2.24) is 15.0 Å². The van der Waals surface area contributed by atoms with E-state index in [-0.39, 0.29) is 11.5 Å². The third-order valence-electron chi connectivity index (χ3n) is 3.34. The van der Waals surface area contributed by atoms with E-state index >= 15 is 0 Å². The highest BCUT2D eigenvalue weighted by atomic mass is 32.1. The summed E-state index contributed by atoms with van der Waals surface area (Å²) >= 11 is 1.29. The quantitative estimate of drug-likeness (QED) is 0.594. The standard InChI is InChI=1S/C16H11N5O2S/c17-14-13(18-5-6-19-14)15(22)21-16-20-10(8-24-16)12-7-9-3-1-2-4-11(9)23-12/h1-8H,(H2,17,19)(H,20,21,22). The third kappa shape index (κ3) is 2.59.